The van der Waals surface area contributed by atoms with Gasteiger partial charge in [-0.25, -0.2) is 0 Å². The maximum absolute atomic E-state index is 12.3. The van der Waals surface area contributed by atoms with Gasteiger partial charge in [0.05, 0.1) is 17.4 Å². The largest absolute Gasteiger partial charge is 0.325 e. The smallest absolute Gasteiger partial charge is 0.234 e. The molecule has 0 bridgehead atoms. The predicted octanol–water partition coefficient (Wildman–Crippen LogP) is 5.03. The Bertz CT molecular complexity index is 1100. The van der Waals surface area contributed by atoms with E-state index in [-0.39, 0.29) is 17.1 Å². The molecule has 1 amide bonds. The van der Waals surface area contributed by atoms with E-state index in [2.05, 4.69) is 73.2 Å². The number of anilines is 1. The van der Waals surface area contributed by atoms with E-state index in [4.69, 9.17) is 5.26 Å². The molecule has 1 aromatic heterocycles. The molecule has 0 unspecified atom stereocenters. The average molecular weight is 432 g/mol. The fraction of sp³-hybridized carbons (Fsp3) is 0.250. The molecule has 3 aromatic rings. The quantitative estimate of drug-likeness (QED) is 0.419. The lowest BCUT2D eigenvalue weighted by atomic mass is 9.87. The third-order valence-corrected chi connectivity index (χ3v) is 5.63. The number of hydrogen-bond donors (Lipinski definition) is 1. The first-order valence-corrected chi connectivity index (χ1v) is 10.9. The molecule has 0 saturated heterocycles. The zero-order chi connectivity index (χ0) is 22.4. The predicted molar refractivity (Wildman–Crippen MR) is 125 cm³/mol. The van der Waals surface area contributed by atoms with Crippen LogP contribution < -0.4 is 5.32 Å². The van der Waals surface area contributed by atoms with Gasteiger partial charge in [-0.15, -0.1) is 16.8 Å². The zero-order valence-corrected chi connectivity index (χ0v) is 18.7. The Hall–Kier alpha value is -3.37. The molecule has 0 fully saturated rings. The maximum Gasteiger partial charge on any atom is 0.234 e. The summed E-state index contributed by atoms with van der Waals surface area (Å²) in [5, 5.41) is 21.0. The highest BCUT2D eigenvalue weighted by Crippen LogP contribution is 2.28. The van der Waals surface area contributed by atoms with Crippen LogP contribution in [0.4, 0.5) is 5.69 Å². The van der Waals surface area contributed by atoms with E-state index in [1.807, 2.05) is 4.57 Å². The molecule has 2 aromatic carbocycles. The van der Waals surface area contributed by atoms with Gasteiger partial charge >= 0.3 is 0 Å². The van der Waals surface area contributed by atoms with Crippen LogP contribution in [0, 0.1) is 11.3 Å². The van der Waals surface area contributed by atoms with Crippen LogP contribution in [0.25, 0.3) is 11.4 Å². The van der Waals surface area contributed by atoms with Crippen molar-refractivity contribution in [1.29, 1.82) is 5.26 Å². The topological polar surface area (TPSA) is 83.6 Å². The third-order valence-electron chi connectivity index (χ3n) is 4.67. The van der Waals surface area contributed by atoms with Crippen LogP contribution in [0.2, 0.25) is 0 Å². The van der Waals surface area contributed by atoms with Gasteiger partial charge in [0.15, 0.2) is 11.0 Å². The Morgan fingerprint density at radius 2 is 1.84 bits per heavy atom. The van der Waals surface area contributed by atoms with E-state index in [1.54, 1.807) is 30.3 Å². The summed E-state index contributed by atoms with van der Waals surface area (Å²) in [6.07, 6.45) is 1.79. The number of thioether (sulfide) groups is 1. The molecule has 3 rings (SSSR count). The van der Waals surface area contributed by atoms with Crippen LogP contribution in [-0.4, -0.2) is 26.4 Å². The Morgan fingerprint density at radius 1 is 1.16 bits per heavy atom. The number of rotatable bonds is 7. The second kappa shape index (κ2) is 9.63. The minimum absolute atomic E-state index is 0.0800. The molecule has 31 heavy (non-hydrogen) atoms. The van der Waals surface area contributed by atoms with Crippen LogP contribution in [0.3, 0.4) is 0 Å². The standard InChI is InChI=1S/C24H25N5OS/c1-5-14-29-22(18-8-10-19(11-9-18)24(2,3)4)27-28-23(29)31-16-21(30)26-20-12-6-17(15-25)7-13-20/h5-13H,1,14,16H2,2-4H3,(H,26,30). The number of benzene rings is 2. The highest BCUT2D eigenvalue weighted by atomic mass is 32.2. The Balaban J connectivity index is 1.72. The summed E-state index contributed by atoms with van der Waals surface area (Å²) in [6.45, 7) is 10.9. The first-order chi connectivity index (χ1) is 14.8. The number of carbonyl (C=O) groups is 1. The second-order valence-electron chi connectivity index (χ2n) is 8.06. The lowest BCUT2D eigenvalue weighted by molar-refractivity contribution is -0.113. The fourth-order valence-corrected chi connectivity index (χ4v) is 3.73. The highest BCUT2D eigenvalue weighted by molar-refractivity contribution is 7.99. The number of nitrogens with one attached hydrogen (secondary N) is 1. The van der Waals surface area contributed by atoms with Gasteiger partial charge in [-0.1, -0.05) is 62.9 Å². The lowest BCUT2D eigenvalue weighted by Crippen LogP contribution is -2.14. The van der Waals surface area contributed by atoms with Gasteiger partial charge in [0.25, 0.3) is 0 Å². The Kier molecular flexibility index (Phi) is 6.93. The molecule has 0 aliphatic heterocycles. The van der Waals surface area contributed by atoms with Gasteiger partial charge < -0.3 is 5.32 Å². The number of allylic oxidation sites excluding steroid dienone is 1. The zero-order valence-electron chi connectivity index (χ0n) is 17.9. The number of nitriles is 1. The molecule has 0 spiro atoms. The SMILES string of the molecule is C=CCn1c(SCC(=O)Nc2ccc(C#N)cc2)nnc1-c1ccc(C(C)(C)C)cc1. The van der Waals surface area contributed by atoms with Crippen LogP contribution >= 0.6 is 11.8 Å². The number of aromatic nitrogens is 3. The number of hydrogen-bond acceptors (Lipinski definition) is 5. The van der Waals surface area contributed by atoms with Gasteiger partial charge in [-0.05, 0) is 35.2 Å². The van der Waals surface area contributed by atoms with E-state index in [1.165, 1.54) is 17.3 Å². The fourth-order valence-electron chi connectivity index (χ4n) is 2.98. The number of nitrogens with zero attached hydrogens (tertiary/aromatic N) is 4. The molecule has 7 heteroatoms. The van der Waals surface area contributed by atoms with Crippen molar-refractivity contribution in [1.82, 2.24) is 14.8 Å². The average Bonchev–Trinajstić information content (AvgIpc) is 3.15. The number of carbonyl (C=O) groups excluding carboxylic acids is 1. The van der Waals surface area contributed by atoms with E-state index in [0.717, 1.165) is 11.4 Å². The van der Waals surface area contributed by atoms with Crippen molar-refractivity contribution < 1.29 is 4.79 Å². The van der Waals surface area contributed by atoms with Crippen molar-refractivity contribution in [3.63, 3.8) is 0 Å². The van der Waals surface area contributed by atoms with Gasteiger partial charge in [0.2, 0.25) is 5.91 Å². The number of amides is 1. The van der Waals surface area contributed by atoms with Crippen LogP contribution in [0.5, 0.6) is 0 Å². The summed E-state index contributed by atoms with van der Waals surface area (Å²) in [7, 11) is 0. The van der Waals surface area contributed by atoms with Crippen molar-refractivity contribution in [2.45, 2.75) is 37.9 Å². The van der Waals surface area contributed by atoms with Crippen LogP contribution in [0.1, 0.15) is 31.9 Å². The van der Waals surface area contributed by atoms with Gasteiger partial charge in [-0.2, -0.15) is 5.26 Å². The van der Waals surface area contributed by atoms with E-state index < -0.39 is 0 Å². The van der Waals surface area contributed by atoms with Gasteiger partial charge in [0, 0.05) is 17.8 Å². The van der Waals surface area contributed by atoms with Gasteiger partial charge in [-0.3, -0.25) is 9.36 Å². The summed E-state index contributed by atoms with van der Waals surface area (Å²) in [5.74, 6) is 0.785. The minimum Gasteiger partial charge on any atom is -0.325 e. The van der Waals surface area contributed by atoms with E-state index in [0.29, 0.717) is 23.0 Å². The second-order valence-corrected chi connectivity index (χ2v) is 9.00. The first-order valence-electron chi connectivity index (χ1n) is 9.89. The molecule has 0 atom stereocenters. The van der Waals surface area contributed by atoms with Crippen molar-refractivity contribution in [2.24, 2.45) is 0 Å². The molecule has 1 heterocycles. The molecule has 0 radical (unpaired) electrons. The van der Waals surface area contributed by atoms with Crippen molar-refractivity contribution >= 4 is 23.4 Å². The molecule has 1 N–H and O–H groups in total. The summed E-state index contributed by atoms with van der Waals surface area (Å²) in [4.78, 5) is 12.3. The van der Waals surface area contributed by atoms with Crippen LogP contribution in [0.15, 0.2) is 66.3 Å². The van der Waals surface area contributed by atoms with Gasteiger partial charge in [0.1, 0.15) is 0 Å². The lowest BCUT2D eigenvalue weighted by Gasteiger charge is -2.19. The summed E-state index contributed by atoms with van der Waals surface area (Å²) >= 11 is 1.32. The van der Waals surface area contributed by atoms with Crippen molar-refractivity contribution in [2.75, 3.05) is 11.1 Å². The Labute approximate surface area is 187 Å². The van der Waals surface area contributed by atoms with E-state index >= 15 is 0 Å². The summed E-state index contributed by atoms with van der Waals surface area (Å²) in [6, 6.07) is 17.1. The molecule has 0 aliphatic carbocycles. The molecule has 158 valence electrons. The van der Waals surface area contributed by atoms with E-state index in [9.17, 15) is 4.79 Å². The summed E-state index contributed by atoms with van der Waals surface area (Å²) < 4.78 is 1.96. The summed E-state index contributed by atoms with van der Waals surface area (Å²) in [5.41, 5.74) is 3.50. The first kappa shape index (κ1) is 22.3. The highest BCUT2D eigenvalue weighted by Gasteiger charge is 2.17. The third kappa shape index (κ3) is 5.62. The van der Waals surface area contributed by atoms with Crippen molar-refractivity contribution in [3.05, 3.63) is 72.3 Å². The van der Waals surface area contributed by atoms with Crippen molar-refractivity contribution in [3.8, 4) is 17.5 Å². The molecular formula is C24H25N5OS. The molecular weight excluding hydrogens is 406 g/mol. The molecule has 0 saturated carbocycles. The normalized spacial score (nSPS) is 11.0. The van der Waals surface area contributed by atoms with Crippen LogP contribution in [-0.2, 0) is 16.8 Å². The molecule has 0 aliphatic rings. The molecule has 6 nitrogen and oxygen atoms in total. The maximum atomic E-state index is 12.3. The monoisotopic (exact) mass is 431 g/mol. The minimum atomic E-state index is -0.154. The Morgan fingerprint density at radius 3 is 2.42 bits per heavy atom.